The van der Waals surface area contributed by atoms with E-state index in [1.165, 1.54) is 19.3 Å². The first-order chi connectivity index (χ1) is 9.77. The van der Waals surface area contributed by atoms with Crippen LogP contribution in [0, 0.1) is 0 Å². The molecule has 1 aliphatic rings. The van der Waals surface area contributed by atoms with Crippen LogP contribution in [0.3, 0.4) is 0 Å². The number of methoxy groups -OCH3 is 1. The fraction of sp³-hybridized carbons (Fsp3) is 0.625. The lowest BCUT2D eigenvalue weighted by molar-refractivity contribution is -0.0693. The van der Waals surface area contributed by atoms with Crippen LogP contribution in [0.5, 0.6) is 5.75 Å². The topological polar surface area (TPSA) is 56.5 Å². The molecule has 0 aromatic heterocycles. The molecule has 0 amide bonds. The monoisotopic (exact) mass is 278 g/mol. The van der Waals surface area contributed by atoms with Crippen molar-refractivity contribution in [2.75, 3.05) is 13.7 Å². The molecule has 20 heavy (non-hydrogen) atoms. The van der Waals surface area contributed by atoms with Gasteiger partial charge in [-0.15, -0.1) is 0 Å². The Bertz CT molecular complexity index is 417. The average Bonchev–Trinajstić information content (AvgIpc) is 2.51. The first kappa shape index (κ1) is 15.3. The predicted molar refractivity (Wildman–Crippen MR) is 80.5 cm³/mol. The largest absolute Gasteiger partial charge is 0.494 e. The van der Waals surface area contributed by atoms with Crippen molar-refractivity contribution >= 4 is 0 Å². The average molecular weight is 278 g/mol. The van der Waals surface area contributed by atoms with Crippen LogP contribution in [0.4, 0.5) is 0 Å². The summed E-state index contributed by atoms with van der Waals surface area (Å²) in [7, 11) is 1.79. The molecule has 1 atom stereocenters. The van der Waals surface area contributed by atoms with Gasteiger partial charge in [-0.1, -0.05) is 37.5 Å². The number of hydrazine groups is 1. The molecular formula is C16H26N2O2. The summed E-state index contributed by atoms with van der Waals surface area (Å²) in [6.07, 6.45) is 5.69. The molecule has 1 fully saturated rings. The molecule has 1 aliphatic carbocycles. The summed E-state index contributed by atoms with van der Waals surface area (Å²) < 4.78 is 11.7. The maximum atomic E-state index is 5.92. The smallest absolute Gasteiger partial charge is 0.124 e. The lowest BCUT2D eigenvalue weighted by Crippen LogP contribution is -2.49. The van der Waals surface area contributed by atoms with E-state index in [4.69, 9.17) is 15.3 Å². The molecule has 0 heterocycles. The highest BCUT2D eigenvalue weighted by Crippen LogP contribution is 2.43. The van der Waals surface area contributed by atoms with E-state index in [2.05, 4.69) is 11.5 Å². The van der Waals surface area contributed by atoms with Gasteiger partial charge in [0, 0.05) is 12.7 Å². The van der Waals surface area contributed by atoms with Crippen LogP contribution in [0.25, 0.3) is 0 Å². The Kier molecular flexibility index (Phi) is 5.40. The molecule has 1 aromatic rings. The third kappa shape index (κ3) is 2.97. The number of ether oxygens (including phenoxy) is 2. The first-order valence-corrected chi connectivity index (χ1v) is 7.50. The zero-order chi connectivity index (χ0) is 14.4. The molecule has 2 rings (SSSR count). The van der Waals surface area contributed by atoms with E-state index < -0.39 is 0 Å². The second kappa shape index (κ2) is 7.07. The molecule has 0 saturated heterocycles. The summed E-state index contributed by atoms with van der Waals surface area (Å²) in [5, 5.41) is 0. The highest BCUT2D eigenvalue weighted by molar-refractivity contribution is 5.37. The van der Waals surface area contributed by atoms with Crippen LogP contribution < -0.4 is 16.0 Å². The summed E-state index contributed by atoms with van der Waals surface area (Å²) in [6.45, 7) is 2.64. The van der Waals surface area contributed by atoms with Gasteiger partial charge < -0.3 is 9.47 Å². The quantitative estimate of drug-likeness (QED) is 0.620. The maximum absolute atomic E-state index is 5.92. The lowest BCUT2D eigenvalue weighted by atomic mass is 9.76. The van der Waals surface area contributed by atoms with Crippen molar-refractivity contribution in [1.82, 2.24) is 5.43 Å². The number of hydrogen-bond donors (Lipinski definition) is 2. The fourth-order valence-electron chi connectivity index (χ4n) is 3.29. The normalized spacial score (nSPS) is 19.6. The fourth-order valence-corrected chi connectivity index (χ4v) is 3.29. The van der Waals surface area contributed by atoms with Crippen LogP contribution in [-0.2, 0) is 4.74 Å². The van der Waals surface area contributed by atoms with Crippen LogP contribution >= 0.6 is 0 Å². The first-order valence-electron chi connectivity index (χ1n) is 7.50. The number of para-hydroxylation sites is 1. The van der Waals surface area contributed by atoms with Gasteiger partial charge in [0.25, 0.3) is 0 Å². The number of benzene rings is 1. The maximum Gasteiger partial charge on any atom is 0.124 e. The van der Waals surface area contributed by atoms with E-state index in [0.717, 1.165) is 24.2 Å². The Morgan fingerprint density at radius 1 is 1.25 bits per heavy atom. The Labute approximate surface area is 121 Å². The summed E-state index contributed by atoms with van der Waals surface area (Å²) in [5.41, 5.74) is 3.82. The van der Waals surface area contributed by atoms with Gasteiger partial charge in [0.2, 0.25) is 0 Å². The van der Waals surface area contributed by atoms with E-state index in [1.807, 2.05) is 25.1 Å². The van der Waals surface area contributed by atoms with Gasteiger partial charge >= 0.3 is 0 Å². The van der Waals surface area contributed by atoms with Crippen LogP contribution in [0.15, 0.2) is 24.3 Å². The minimum atomic E-state index is -0.236. The molecule has 3 N–H and O–H groups in total. The molecule has 1 unspecified atom stereocenters. The molecule has 112 valence electrons. The van der Waals surface area contributed by atoms with E-state index in [-0.39, 0.29) is 11.6 Å². The minimum Gasteiger partial charge on any atom is -0.494 e. The zero-order valence-electron chi connectivity index (χ0n) is 12.5. The van der Waals surface area contributed by atoms with Gasteiger partial charge in [0.05, 0.1) is 18.2 Å². The predicted octanol–water partition coefficient (Wildman–Crippen LogP) is 2.94. The molecule has 1 saturated carbocycles. The van der Waals surface area contributed by atoms with E-state index in [0.29, 0.717) is 6.61 Å². The Balaban J connectivity index is 2.35. The summed E-state index contributed by atoms with van der Waals surface area (Å²) in [4.78, 5) is 0. The third-order valence-electron chi connectivity index (χ3n) is 4.33. The SMILES string of the molecule is CCOc1ccccc1C(NN)C1(OC)CCCCC1. The molecule has 4 heteroatoms. The number of nitrogens with two attached hydrogens (primary N) is 1. The van der Waals surface area contributed by atoms with Crippen molar-refractivity contribution in [2.24, 2.45) is 5.84 Å². The summed E-state index contributed by atoms with van der Waals surface area (Å²) >= 11 is 0. The van der Waals surface area contributed by atoms with Gasteiger partial charge in [-0.3, -0.25) is 5.84 Å². The second-order valence-electron chi connectivity index (χ2n) is 5.40. The van der Waals surface area contributed by atoms with E-state index in [1.54, 1.807) is 7.11 Å². The molecule has 0 bridgehead atoms. The van der Waals surface area contributed by atoms with Gasteiger partial charge in [0.15, 0.2) is 0 Å². The second-order valence-corrected chi connectivity index (χ2v) is 5.40. The molecule has 4 nitrogen and oxygen atoms in total. The van der Waals surface area contributed by atoms with Crippen molar-refractivity contribution in [2.45, 2.75) is 50.7 Å². The van der Waals surface area contributed by atoms with Gasteiger partial charge in [-0.25, -0.2) is 5.43 Å². The van der Waals surface area contributed by atoms with Crippen molar-refractivity contribution in [3.63, 3.8) is 0 Å². The highest BCUT2D eigenvalue weighted by atomic mass is 16.5. The van der Waals surface area contributed by atoms with Crippen LogP contribution in [0.2, 0.25) is 0 Å². The van der Waals surface area contributed by atoms with Crippen molar-refractivity contribution in [3.8, 4) is 5.75 Å². The van der Waals surface area contributed by atoms with Gasteiger partial charge in [-0.2, -0.15) is 0 Å². The van der Waals surface area contributed by atoms with Gasteiger partial charge in [-0.05, 0) is 25.8 Å². The van der Waals surface area contributed by atoms with E-state index in [9.17, 15) is 0 Å². The Hall–Kier alpha value is -1.10. The lowest BCUT2D eigenvalue weighted by Gasteiger charge is -2.42. The zero-order valence-corrected chi connectivity index (χ0v) is 12.5. The molecule has 0 spiro atoms. The van der Waals surface area contributed by atoms with Crippen molar-refractivity contribution in [3.05, 3.63) is 29.8 Å². The van der Waals surface area contributed by atoms with Gasteiger partial charge in [0.1, 0.15) is 5.75 Å². The molecule has 0 radical (unpaired) electrons. The van der Waals surface area contributed by atoms with Crippen molar-refractivity contribution in [1.29, 1.82) is 0 Å². The third-order valence-corrected chi connectivity index (χ3v) is 4.33. The molecule has 1 aromatic carbocycles. The van der Waals surface area contributed by atoms with Crippen LogP contribution in [-0.4, -0.2) is 19.3 Å². The van der Waals surface area contributed by atoms with E-state index >= 15 is 0 Å². The highest BCUT2D eigenvalue weighted by Gasteiger charge is 2.41. The standard InChI is InChI=1S/C16H26N2O2/c1-3-20-14-10-6-5-9-13(14)15(18-17)16(19-2)11-7-4-8-12-16/h5-6,9-10,15,18H,3-4,7-8,11-12,17H2,1-2H3. The number of hydrogen-bond acceptors (Lipinski definition) is 4. The Morgan fingerprint density at radius 3 is 2.55 bits per heavy atom. The van der Waals surface area contributed by atoms with Crippen LogP contribution in [0.1, 0.15) is 50.6 Å². The molecular weight excluding hydrogens is 252 g/mol. The number of rotatable bonds is 6. The Morgan fingerprint density at radius 2 is 1.95 bits per heavy atom. The number of nitrogens with one attached hydrogen (secondary N) is 1. The summed E-state index contributed by atoms with van der Waals surface area (Å²) in [6, 6.07) is 8.03. The van der Waals surface area contributed by atoms with Crippen molar-refractivity contribution < 1.29 is 9.47 Å². The summed E-state index contributed by atoms with van der Waals surface area (Å²) in [5.74, 6) is 6.76. The molecule has 0 aliphatic heterocycles. The minimum absolute atomic E-state index is 0.0458.